The van der Waals surface area contributed by atoms with Gasteiger partial charge < -0.3 is 4.42 Å². The van der Waals surface area contributed by atoms with Crippen LogP contribution in [0.25, 0.3) is 65.9 Å². The van der Waals surface area contributed by atoms with Gasteiger partial charge in [0.15, 0.2) is 0 Å². The van der Waals surface area contributed by atoms with E-state index in [2.05, 4.69) is 124 Å². The summed E-state index contributed by atoms with van der Waals surface area (Å²) >= 11 is 0. The highest BCUT2D eigenvalue weighted by Gasteiger charge is 2.17. The highest BCUT2D eigenvalue weighted by molar-refractivity contribution is 6.23. The van der Waals surface area contributed by atoms with Crippen LogP contribution in [-0.2, 0) is 5.41 Å². The van der Waals surface area contributed by atoms with Crippen LogP contribution < -0.4 is 0 Å². The Hall–Kier alpha value is -4.43. The third-order valence-electron chi connectivity index (χ3n) is 7.49. The number of rotatable bonds is 2. The molecule has 2 heteroatoms. The summed E-state index contributed by atoms with van der Waals surface area (Å²) in [5.41, 5.74) is 7.54. The van der Waals surface area contributed by atoms with Crippen molar-refractivity contribution in [1.82, 2.24) is 4.98 Å². The molecule has 0 spiro atoms. The van der Waals surface area contributed by atoms with E-state index in [-0.39, 0.29) is 5.41 Å². The molecule has 7 aromatic rings. The maximum absolute atomic E-state index is 6.72. The average Bonchev–Trinajstić information content (AvgIpc) is 3.31. The second-order valence-electron chi connectivity index (χ2n) is 10.9. The molecule has 0 radical (unpaired) electrons. The summed E-state index contributed by atoms with van der Waals surface area (Å²) in [6, 6.07) is 36.7. The molecule has 0 aliphatic carbocycles. The van der Waals surface area contributed by atoms with Crippen LogP contribution in [0, 0.1) is 0 Å². The van der Waals surface area contributed by atoms with E-state index in [0.29, 0.717) is 0 Å². The lowest BCUT2D eigenvalue weighted by Crippen LogP contribution is -2.10. The number of fused-ring (bicyclic) bond motifs is 7. The number of furan rings is 1. The molecule has 0 saturated heterocycles. The van der Waals surface area contributed by atoms with E-state index in [1.165, 1.54) is 32.7 Å². The second kappa shape index (κ2) is 8.04. The minimum Gasteiger partial charge on any atom is -0.455 e. The Kier molecular flexibility index (Phi) is 4.74. The maximum Gasteiger partial charge on any atom is 0.144 e. The molecule has 2 heterocycles. The van der Waals surface area contributed by atoms with Crippen LogP contribution in [0.3, 0.4) is 0 Å². The van der Waals surface area contributed by atoms with Crippen LogP contribution in [0.1, 0.15) is 26.3 Å². The van der Waals surface area contributed by atoms with Crippen molar-refractivity contribution in [2.45, 2.75) is 26.2 Å². The molecule has 37 heavy (non-hydrogen) atoms. The number of aromatic nitrogens is 1. The Bertz CT molecular complexity index is 1950. The third kappa shape index (κ3) is 3.52. The Morgan fingerprint density at radius 2 is 1.32 bits per heavy atom. The predicted molar refractivity (Wildman–Crippen MR) is 156 cm³/mol. The van der Waals surface area contributed by atoms with Gasteiger partial charge in [0.2, 0.25) is 0 Å². The summed E-state index contributed by atoms with van der Waals surface area (Å²) in [5, 5.41) is 7.03. The molecular formula is C35H27NO. The van der Waals surface area contributed by atoms with Gasteiger partial charge in [0, 0.05) is 27.9 Å². The SMILES string of the molecule is CC(C)(C)c1ccc(-c2ccnc(-c3cccc4c3oc3c4ccc4ccc5ccccc5c43)c2)cc1. The summed E-state index contributed by atoms with van der Waals surface area (Å²) in [5.74, 6) is 0. The number of benzene rings is 5. The molecule has 0 fully saturated rings. The van der Waals surface area contributed by atoms with Crippen molar-refractivity contribution in [2.24, 2.45) is 0 Å². The zero-order valence-electron chi connectivity index (χ0n) is 21.2. The van der Waals surface area contributed by atoms with Gasteiger partial charge in [-0.3, -0.25) is 4.98 Å². The van der Waals surface area contributed by atoms with Crippen molar-refractivity contribution in [3.8, 4) is 22.4 Å². The summed E-state index contributed by atoms with van der Waals surface area (Å²) < 4.78 is 6.72. The van der Waals surface area contributed by atoms with Crippen molar-refractivity contribution in [1.29, 1.82) is 0 Å². The Morgan fingerprint density at radius 3 is 2.16 bits per heavy atom. The molecular weight excluding hydrogens is 450 g/mol. The lowest BCUT2D eigenvalue weighted by atomic mass is 9.86. The molecule has 7 rings (SSSR count). The van der Waals surface area contributed by atoms with Gasteiger partial charge >= 0.3 is 0 Å². The first kappa shape index (κ1) is 21.8. The first-order valence-corrected chi connectivity index (χ1v) is 12.8. The molecule has 0 saturated carbocycles. The van der Waals surface area contributed by atoms with Gasteiger partial charge in [0.1, 0.15) is 11.2 Å². The van der Waals surface area contributed by atoms with E-state index in [9.17, 15) is 0 Å². The molecule has 0 unspecified atom stereocenters. The molecule has 2 aromatic heterocycles. The molecule has 0 aliphatic heterocycles. The molecule has 0 aliphatic rings. The zero-order chi connectivity index (χ0) is 25.1. The van der Waals surface area contributed by atoms with E-state index < -0.39 is 0 Å². The lowest BCUT2D eigenvalue weighted by Gasteiger charge is -2.19. The van der Waals surface area contributed by atoms with Crippen LogP contribution >= 0.6 is 0 Å². The molecule has 0 amide bonds. The fourth-order valence-electron chi connectivity index (χ4n) is 5.47. The summed E-state index contributed by atoms with van der Waals surface area (Å²) in [6.07, 6.45) is 1.90. The average molecular weight is 478 g/mol. The Morgan fingerprint density at radius 1 is 0.595 bits per heavy atom. The largest absolute Gasteiger partial charge is 0.455 e. The highest BCUT2D eigenvalue weighted by Crippen LogP contribution is 2.41. The van der Waals surface area contributed by atoms with Gasteiger partial charge in [0.25, 0.3) is 0 Å². The van der Waals surface area contributed by atoms with E-state index in [1.54, 1.807) is 0 Å². The maximum atomic E-state index is 6.72. The molecule has 178 valence electrons. The van der Waals surface area contributed by atoms with Gasteiger partial charge in [-0.05, 0) is 62.5 Å². The normalized spacial score (nSPS) is 12.2. The third-order valence-corrected chi connectivity index (χ3v) is 7.49. The second-order valence-corrected chi connectivity index (χ2v) is 10.9. The van der Waals surface area contributed by atoms with Crippen molar-refractivity contribution >= 4 is 43.5 Å². The van der Waals surface area contributed by atoms with E-state index >= 15 is 0 Å². The number of para-hydroxylation sites is 1. The number of hydrogen-bond acceptors (Lipinski definition) is 2. The van der Waals surface area contributed by atoms with Crippen LogP contribution in [0.2, 0.25) is 0 Å². The quantitative estimate of drug-likeness (QED) is 0.232. The summed E-state index contributed by atoms with van der Waals surface area (Å²) in [6.45, 7) is 6.73. The monoisotopic (exact) mass is 477 g/mol. The van der Waals surface area contributed by atoms with Gasteiger partial charge in [0.05, 0.1) is 5.69 Å². The fraction of sp³-hybridized carbons (Fsp3) is 0.114. The first-order chi connectivity index (χ1) is 18.0. The topological polar surface area (TPSA) is 26.0 Å². The van der Waals surface area contributed by atoms with Crippen molar-refractivity contribution < 1.29 is 4.42 Å². The van der Waals surface area contributed by atoms with Crippen molar-refractivity contribution in [3.63, 3.8) is 0 Å². The summed E-state index contributed by atoms with van der Waals surface area (Å²) in [7, 11) is 0. The van der Waals surface area contributed by atoms with Gasteiger partial charge in [-0.1, -0.05) is 99.6 Å². The predicted octanol–water partition coefficient (Wildman–Crippen LogP) is 9.92. The van der Waals surface area contributed by atoms with E-state index in [0.717, 1.165) is 38.8 Å². The zero-order valence-corrected chi connectivity index (χ0v) is 21.2. The van der Waals surface area contributed by atoms with Gasteiger partial charge in [-0.2, -0.15) is 0 Å². The van der Waals surface area contributed by atoms with Crippen LogP contribution in [0.4, 0.5) is 0 Å². The number of nitrogens with zero attached hydrogens (tertiary/aromatic N) is 1. The van der Waals surface area contributed by atoms with E-state index in [4.69, 9.17) is 9.40 Å². The van der Waals surface area contributed by atoms with Gasteiger partial charge in [-0.15, -0.1) is 0 Å². The van der Waals surface area contributed by atoms with Crippen molar-refractivity contribution in [2.75, 3.05) is 0 Å². The smallest absolute Gasteiger partial charge is 0.144 e. The molecule has 0 bridgehead atoms. The molecule has 0 atom stereocenters. The number of pyridine rings is 1. The Balaban J connectivity index is 1.42. The minimum atomic E-state index is 0.133. The molecule has 2 nitrogen and oxygen atoms in total. The Labute approximate surface area is 216 Å². The van der Waals surface area contributed by atoms with E-state index in [1.807, 2.05) is 6.20 Å². The van der Waals surface area contributed by atoms with Crippen LogP contribution in [0.5, 0.6) is 0 Å². The highest BCUT2D eigenvalue weighted by atomic mass is 16.3. The fourth-order valence-corrected chi connectivity index (χ4v) is 5.47. The standard InChI is InChI=1S/C35H27NO/c1-35(2,3)26-16-13-22(14-17-26)25-19-20-36-31(21-25)30-10-6-9-28-29-18-15-24-12-11-23-7-4-5-8-27(23)32(24)34(29)37-33(28)30/h4-21H,1-3H3. The summed E-state index contributed by atoms with van der Waals surface area (Å²) in [4.78, 5) is 4.76. The molecule has 5 aromatic carbocycles. The minimum absolute atomic E-state index is 0.133. The molecule has 0 N–H and O–H groups in total. The van der Waals surface area contributed by atoms with Crippen LogP contribution in [0.15, 0.2) is 114 Å². The van der Waals surface area contributed by atoms with Crippen LogP contribution in [-0.4, -0.2) is 4.98 Å². The number of hydrogen-bond donors (Lipinski definition) is 0. The van der Waals surface area contributed by atoms with Crippen molar-refractivity contribution in [3.05, 3.63) is 115 Å². The lowest BCUT2D eigenvalue weighted by molar-refractivity contribution is 0.590. The first-order valence-electron chi connectivity index (χ1n) is 12.8. The van der Waals surface area contributed by atoms with Gasteiger partial charge in [-0.25, -0.2) is 0 Å².